The highest BCUT2D eigenvalue weighted by Crippen LogP contribution is 2.36. The smallest absolute Gasteiger partial charge is 0.0971 e. The summed E-state index contributed by atoms with van der Waals surface area (Å²) >= 11 is 0. The van der Waals surface area contributed by atoms with E-state index in [1.807, 2.05) is 6.33 Å². The van der Waals surface area contributed by atoms with Gasteiger partial charge in [0.2, 0.25) is 0 Å². The maximum absolute atomic E-state index is 5.70. The van der Waals surface area contributed by atoms with Crippen molar-refractivity contribution in [1.29, 1.82) is 0 Å². The van der Waals surface area contributed by atoms with Gasteiger partial charge in [-0.3, -0.25) is 0 Å². The average Bonchev–Trinajstić information content (AvgIpc) is 3.11. The predicted octanol–water partition coefficient (Wildman–Crippen LogP) is 4.94. The van der Waals surface area contributed by atoms with E-state index in [4.69, 9.17) is 4.74 Å². The molecule has 2 heterocycles. The summed E-state index contributed by atoms with van der Waals surface area (Å²) < 4.78 is 8.10. The zero-order valence-corrected chi connectivity index (χ0v) is 13.5. The molecule has 1 atom stereocenters. The molecule has 1 saturated carbocycles. The highest BCUT2D eigenvalue weighted by atomic mass is 16.5. The van der Waals surface area contributed by atoms with Crippen LogP contribution in [-0.2, 0) is 4.74 Å². The highest BCUT2D eigenvalue weighted by Gasteiger charge is 2.23. The standard InChI is InChI=1S/C19H24N2O/c1-13-11-22-14(2)19(13)15-8-9-18-17(10-15)20-12-21(18)16-6-4-3-5-7-16/h8-10,12-13,16H,3-7,11H2,1-2H3. The van der Waals surface area contributed by atoms with Crippen LogP contribution >= 0.6 is 0 Å². The third kappa shape index (κ3) is 2.23. The van der Waals surface area contributed by atoms with Crippen LogP contribution in [0.1, 0.15) is 57.6 Å². The number of benzene rings is 1. The molecule has 0 saturated heterocycles. The van der Waals surface area contributed by atoms with Crippen LogP contribution in [0.5, 0.6) is 0 Å². The molecule has 4 rings (SSSR count). The van der Waals surface area contributed by atoms with Crippen molar-refractivity contribution >= 4 is 16.6 Å². The zero-order chi connectivity index (χ0) is 15.1. The molecule has 1 aromatic carbocycles. The van der Waals surface area contributed by atoms with Crippen LogP contribution in [-0.4, -0.2) is 16.2 Å². The number of nitrogens with zero attached hydrogens (tertiary/aromatic N) is 2. The first kappa shape index (κ1) is 13.9. The second-order valence-electron chi connectivity index (χ2n) is 6.83. The van der Waals surface area contributed by atoms with E-state index in [1.54, 1.807) is 0 Å². The Morgan fingerprint density at radius 1 is 1.18 bits per heavy atom. The molecule has 116 valence electrons. The summed E-state index contributed by atoms with van der Waals surface area (Å²) in [7, 11) is 0. The van der Waals surface area contributed by atoms with Crippen molar-refractivity contribution in [3.63, 3.8) is 0 Å². The minimum absolute atomic E-state index is 0.470. The van der Waals surface area contributed by atoms with Crippen molar-refractivity contribution in [1.82, 2.24) is 9.55 Å². The fraction of sp³-hybridized carbons (Fsp3) is 0.526. The number of hydrogen-bond acceptors (Lipinski definition) is 2. The Morgan fingerprint density at radius 2 is 2.00 bits per heavy atom. The molecule has 1 aliphatic carbocycles. The van der Waals surface area contributed by atoms with Crippen LogP contribution in [0.4, 0.5) is 0 Å². The van der Waals surface area contributed by atoms with Crippen LogP contribution in [0.15, 0.2) is 30.3 Å². The SMILES string of the molecule is CC1=C(c2ccc3c(c2)ncn3C2CCCCC2)C(C)CO1. The number of ether oxygens (including phenoxy) is 1. The molecule has 0 radical (unpaired) electrons. The summed E-state index contributed by atoms with van der Waals surface area (Å²) in [5.41, 5.74) is 5.00. The molecule has 0 bridgehead atoms. The van der Waals surface area contributed by atoms with E-state index in [-0.39, 0.29) is 0 Å². The molecule has 1 fully saturated rings. The number of rotatable bonds is 2. The van der Waals surface area contributed by atoms with E-state index in [0.29, 0.717) is 12.0 Å². The molecular weight excluding hydrogens is 272 g/mol. The second-order valence-corrected chi connectivity index (χ2v) is 6.83. The van der Waals surface area contributed by atoms with Crippen molar-refractivity contribution in [3.05, 3.63) is 35.8 Å². The molecule has 2 aromatic rings. The van der Waals surface area contributed by atoms with Gasteiger partial charge in [0, 0.05) is 17.5 Å². The van der Waals surface area contributed by atoms with Gasteiger partial charge in [-0.25, -0.2) is 4.98 Å². The molecular formula is C19H24N2O. The Labute approximate surface area is 132 Å². The third-order valence-electron chi connectivity index (χ3n) is 5.28. The Hall–Kier alpha value is -1.77. The van der Waals surface area contributed by atoms with Crippen molar-refractivity contribution in [2.24, 2.45) is 5.92 Å². The van der Waals surface area contributed by atoms with E-state index in [2.05, 4.69) is 41.6 Å². The van der Waals surface area contributed by atoms with Gasteiger partial charge in [0.1, 0.15) is 0 Å². The van der Waals surface area contributed by atoms with Gasteiger partial charge in [-0.15, -0.1) is 0 Å². The quantitative estimate of drug-likeness (QED) is 0.785. The summed E-state index contributed by atoms with van der Waals surface area (Å²) in [4.78, 5) is 4.68. The van der Waals surface area contributed by atoms with Crippen molar-refractivity contribution in [2.75, 3.05) is 6.61 Å². The Kier molecular flexibility index (Phi) is 3.44. The maximum atomic E-state index is 5.70. The average molecular weight is 296 g/mol. The van der Waals surface area contributed by atoms with Crippen LogP contribution in [0, 0.1) is 5.92 Å². The lowest BCUT2D eigenvalue weighted by Gasteiger charge is -2.23. The Balaban J connectivity index is 1.72. The molecule has 1 aliphatic heterocycles. The zero-order valence-electron chi connectivity index (χ0n) is 13.5. The normalized spacial score (nSPS) is 23.3. The lowest BCUT2D eigenvalue weighted by molar-refractivity contribution is 0.225. The number of fused-ring (bicyclic) bond motifs is 1. The van der Waals surface area contributed by atoms with Crippen LogP contribution in [0.3, 0.4) is 0 Å². The fourth-order valence-electron chi connectivity index (χ4n) is 4.10. The first-order valence-electron chi connectivity index (χ1n) is 8.54. The van der Waals surface area contributed by atoms with Gasteiger partial charge in [-0.05, 0) is 37.5 Å². The fourth-order valence-corrected chi connectivity index (χ4v) is 4.10. The second kappa shape index (κ2) is 5.45. The minimum Gasteiger partial charge on any atom is -0.497 e. The van der Waals surface area contributed by atoms with E-state index in [9.17, 15) is 0 Å². The van der Waals surface area contributed by atoms with Gasteiger partial charge in [-0.2, -0.15) is 0 Å². The molecule has 22 heavy (non-hydrogen) atoms. The minimum atomic E-state index is 0.470. The van der Waals surface area contributed by atoms with E-state index < -0.39 is 0 Å². The lowest BCUT2D eigenvalue weighted by Crippen LogP contribution is -2.11. The number of allylic oxidation sites excluding steroid dienone is 1. The predicted molar refractivity (Wildman–Crippen MR) is 89.6 cm³/mol. The molecule has 0 N–H and O–H groups in total. The van der Waals surface area contributed by atoms with E-state index in [0.717, 1.165) is 17.9 Å². The Morgan fingerprint density at radius 3 is 2.73 bits per heavy atom. The Bertz CT molecular complexity index is 722. The number of imidazole rings is 1. The van der Waals surface area contributed by atoms with E-state index >= 15 is 0 Å². The summed E-state index contributed by atoms with van der Waals surface area (Å²) in [5, 5.41) is 0. The number of aromatic nitrogens is 2. The topological polar surface area (TPSA) is 27.1 Å². The molecule has 0 spiro atoms. The summed E-state index contributed by atoms with van der Waals surface area (Å²) in [6.45, 7) is 5.11. The van der Waals surface area contributed by atoms with Crippen molar-refractivity contribution in [3.8, 4) is 0 Å². The summed E-state index contributed by atoms with van der Waals surface area (Å²) in [5.74, 6) is 1.54. The van der Waals surface area contributed by atoms with Crippen LogP contribution < -0.4 is 0 Å². The third-order valence-corrected chi connectivity index (χ3v) is 5.28. The summed E-state index contributed by atoms with van der Waals surface area (Å²) in [6.07, 6.45) is 8.72. The lowest BCUT2D eigenvalue weighted by atomic mass is 9.94. The highest BCUT2D eigenvalue weighted by molar-refractivity contribution is 5.82. The van der Waals surface area contributed by atoms with Crippen LogP contribution in [0.2, 0.25) is 0 Å². The molecule has 1 aromatic heterocycles. The molecule has 2 aliphatic rings. The molecule has 1 unspecified atom stereocenters. The number of hydrogen-bond donors (Lipinski definition) is 0. The monoisotopic (exact) mass is 296 g/mol. The van der Waals surface area contributed by atoms with Crippen molar-refractivity contribution in [2.45, 2.75) is 52.0 Å². The van der Waals surface area contributed by atoms with Gasteiger partial charge in [0.15, 0.2) is 0 Å². The van der Waals surface area contributed by atoms with Gasteiger partial charge in [0.05, 0.1) is 29.7 Å². The van der Waals surface area contributed by atoms with Gasteiger partial charge >= 0.3 is 0 Å². The van der Waals surface area contributed by atoms with Gasteiger partial charge < -0.3 is 9.30 Å². The van der Waals surface area contributed by atoms with Gasteiger partial charge in [-0.1, -0.05) is 32.3 Å². The van der Waals surface area contributed by atoms with Crippen LogP contribution in [0.25, 0.3) is 16.6 Å². The maximum Gasteiger partial charge on any atom is 0.0971 e. The molecule has 3 nitrogen and oxygen atoms in total. The largest absolute Gasteiger partial charge is 0.497 e. The van der Waals surface area contributed by atoms with Crippen molar-refractivity contribution < 1.29 is 4.74 Å². The first-order valence-corrected chi connectivity index (χ1v) is 8.54. The molecule has 0 amide bonds. The van der Waals surface area contributed by atoms with Gasteiger partial charge in [0.25, 0.3) is 0 Å². The van der Waals surface area contributed by atoms with E-state index in [1.165, 1.54) is 48.8 Å². The first-order chi connectivity index (χ1) is 10.7. The summed E-state index contributed by atoms with van der Waals surface area (Å²) in [6, 6.07) is 7.36. The molecule has 3 heteroatoms.